The molecule has 0 aliphatic rings. The van der Waals surface area contributed by atoms with Crippen LogP contribution in [0.4, 0.5) is 0 Å². The van der Waals surface area contributed by atoms with E-state index < -0.39 is 0 Å². The molecular weight excluding hydrogens is 719 g/mol. The van der Waals surface area contributed by atoms with Gasteiger partial charge < -0.3 is 4.42 Å². The van der Waals surface area contributed by atoms with E-state index in [0.717, 1.165) is 72.0 Å². The maximum atomic E-state index is 6.61. The van der Waals surface area contributed by atoms with Crippen molar-refractivity contribution in [3.63, 3.8) is 0 Å². The fraction of sp³-hybridized carbons (Fsp3) is 0. The molecule has 0 radical (unpaired) electrons. The summed E-state index contributed by atoms with van der Waals surface area (Å²) in [7, 11) is 0. The molecule has 0 saturated carbocycles. The van der Waals surface area contributed by atoms with E-state index in [2.05, 4.69) is 194 Å². The minimum atomic E-state index is 0.575. The quantitative estimate of drug-likeness (QED) is 0.163. The molecule has 0 saturated heterocycles. The average molecular weight is 754 g/mol. The van der Waals surface area contributed by atoms with Gasteiger partial charge in [0.15, 0.2) is 17.5 Å². The summed E-state index contributed by atoms with van der Waals surface area (Å²) in [6.45, 7) is 0. The third kappa shape index (κ3) is 6.43. The van der Waals surface area contributed by atoms with Gasteiger partial charge >= 0.3 is 0 Å². The highest BCUT2D eigenvalue weighted by atomic mass is 16.3. The van der Waals surface area contributed by atoms with E-state index in [-0.39, 0.29) is 0 Å². The molecule has 0 aliphatic heterocycles. The van der Waals surface area contributed by atoms with Crippen molar-refractivity contribution in [2.24, 2.45) is 0 Å². The van der Waals surface area contributed by atoms with Gasteiger partial charge in [-0.25, -0.2) is 15.0 Å². The van der Waals surface area contributed by atoms with E-state index in [1.807, 2.05) is 18.2 Å². The summed E-state index contributed by atoms with van der Waals surface area (Å²) in [5.74, 6) is 1.78. The second-order valence-electron chi connectivity index (χ2n) is 14.8. The first-order chi connectivity index (χ1) is 29.2. The van der Waals surface area contributed by atoms with Crippen LogP contribution in [0.1, 0.15) is 0 Å². The van der Waals surface area contributed by atoms with E-state index >= 15 is 0 Å². The lowest BCUT2D eigenvalue weighted by Crippen LogP contribution is -2.00. The van der Waals surface area contributed by atoms with Gasteiger partial charge in [-0.2, -0.15) is 0 Å². The third-order valence-corrected chi connectivity index (χ3v) is 11.1. The summed E-state index contributed by atoms with van der Waals surface area (Å²) in [6.07, 6.45) is 0. The summed E-state index contributed by atoms with van der Waals surface area (Å²) in [4.78, 5) is 15.4. The first kappa shape index (κ1) is 34.3. The van der Waals surface area contributed by atoms with E-state index in [1.54, 1.807) is 0 Å². The van der Waals surface area contributed by atoms with Gasteiger partial charge in [0.05, 0.1) is 0 Å². The van der Waals surface area contributed by atoms with Gasteiger partial charge in [-0.3, -0.25) is 0 Å². The molecule has 0 aliphatic carbocycles. The molecule has 0 fully saturated rings. The predicted molar refractivity (Wildman–Crippen MR) is 243 cm³/mol. The number of fused-ring (bicyclic) bond motifs is 4. The van der Waals surface area contributed by atoms with E-state index in [9.17, 15) is 0 Å². The topological polar surface area (TPSA) is 51.8 Å². The van der Waals surface area contributed by atoms with Gasteiger partial charge in [0.25, 0.3) is 0 Å². The SMILES string of the molecule is c1ccc(-c2ccc(-c3nc(-c4cccc(-c5cccc6ccccc56)c4)nc(-c4ccc5c(c4)oc4cccc(-c6cccc(-c7ccccc7)c6)c45)n3)cc2)cc1. The Bertz CT molecular complexity index is 3310. The van der Waals surface area contributed by atoms with Gasteiger partial charge in [0, 0.05) is 27.5 Å². The van der Waals surface area contributed by atoms with Crippen molar-refractivity contribution >= 4 is 32.7 Å². The zero-order valence-electron chi connectivity index (χ0n) is 32.0. The van der Waals surface area contributed by atoms with Crippen molar-refractivity contribution in [3.05, 3.63) is 212 Å². The Hall–Kier alpha value is -7.95. The van der Waals surface area contributed by atoms with Crippen LogP contribution in [0, 0.1) is 0 Å². The maximum Gasteiger partial charge on any atom is 0.164 e. The smallest absolute Gasteiger partial charge is 0.164 e. The predicted octanol–water partition coefficient (Wildman–Crippen LogP) is 14.6. The number of hydrogen-bond donors (Lipinski definition) is 0. The number of nitrogens with zero attached hydrogens (tertiary/aromatic N) is 3. The summed E-state index contributed by atoms with van der Waals surface area (Å²) in [5, 5.41) is 4.53. The Labute approximate surface area is 341 Å². The standard InChI is InChI=1S/C55H35N3O/c1-3-13-36(14-4-1)38-27-29-40(30-28-38)53-56-54(44-22-10-20-42(34-44)47-24-11-18-39-17-7-8-23-46(39)47)58-55(57-53)45-31-32-49-51(35-45)59-50-26-12-25-48(52(49)50)43-21-9-19-41(33-43)37-15-5-2-6-16-37/h1-35H. The van der Waals surface area contributed by atoms with Crippen LogP contribution < -0.4 is 0 Å². The van der Waals surface area contributed by atoms with Crippen molar-refractivity contribution in [1.29, 1.82) is 0 Å². The highest BCUT2D eigenvalue weighted by molar-refractivity contribution is 6.13. The van der Waals surface area contributed by atoms with Crippen LogP contribution in [-0.4, -0.2) is 15.0 Å². The summed E-state index contributed by atoms with van der Waals surface area (Å²) >= 11 is 0. The normalized spacial score (nSPS) is 11.4. The third-order valence-electron chi connectivity index (χ3n) is 11.1. The van der Waals surface area contributed by atoms with Crippen molar-refractivity contribution in [1.82, 2.24) is 15.0 Å². The number of furan rings is 1. The molecule has 11 aromatic rings. The van der Waals surface area contributed by atoms with Gasteiger partial charge in [-0.15, -0.1) is 0 Å². The minimum Gasteiger partial charge on any atom is -0.456 e. The Morgan fingerprint density at radius 2 is 0.746 bits per heavy atom. The molecule has 0 atom stereocenters. The first-order valence-electron chi connectivity index (χ1n) is 19.8. The van der Waals surface area contributed by atoms with Gasteiger partial charge in [-0.1, -0.05) is 182 Å². The summed E-state index contributed by atoms with van der Waals surface area (Å²) < 4.78 is 6.61. The fourth-order valence-electron chi connectivity index (χ4n) is 8.21. The molecule has 0 bridgehead atoms. The summed E-state index contributed by atoms with van der Waals surface area (Å²) in [6, 6.07) is 74.1. The Balaban J connectivity index is 1.04. The number of aromatic nitrogens is 3. The Morgan fingerprint density at radius 3 is 1.51 bits per heavy atom. The van der Waals surface area contributed by atoms with Crippen LogP contribution in [0.15, 0.2) is 217 Å². The molecular formula is C55H35N3O. The average Bonchev–Trinajstić information content (AvgIpc) is 3.70. The molecule has 9 aromatic carbocycles. The molecule has 0 amide bonds. The molecule has 276 valence electrons. The van der Waals surface area contributed by atoms with Crippen LogP contribution in [0.25, 0.3) is 111 Å². The van der Waals surface area contributed by atoms with Crippen LogP contribution >= 0.6 is 0 Å². The highest BCUT2D eigenvalue weighted by Crippen LogP contribution is 2.40. The minimum absolute atomic E-state index is 0.575. The first-order valence-corrected chi connectivity index (χ1v) is 19.8. The van der Waals surface area contributed by atoms with Crippen molar-refractivity contribution in [2.45, 2.75) is 0 Å². The molecule has 4 nitrogen and oxygen atoms in total. The van der Waals surface area contributed by atoms with Gasteiger partial charge in [0.2, 0.25) is 0 Å². The van der Waals surface area contributed by atoms with Crippen LogP contribution in [-0.2, 0) is 0 Å². The van der Waals surface area contributed by atoms with Crippen molar-refractivity contribution < 1.29 is 4.42 Å². The Kier molecular flexibility index (Phi) is 8.45. The largest absolute Gasteiger partial charge is 0.456 e. The molecule has 59 heavy (non-hydrogen) atoms. The monoisotopic (exact) mass is 753 g/mol. The van der Waals surface area contributed by atoms with E-state index in [4.69, 9.17) is 19.4 Å². The summed E-state index contributed by atoms with van der Waals surface area (Å²) in [5.41, 5.74) is 13.5. The molecule has 4 heteroatoms. The van der Waals surface area contributed by atoms with Gasteiger partial charge in [-0.05, 0) is 85.6 Å². The number of hydrogen-bond acceptors (Lipinski definition) is 4. The van der Waals surface area contributed by atoms with Crippen molar-refractivity contribution in [3.8, 4) is 78.7 Å². The number of rotatable bonds is 7. The maximum absolute atomic E-state index is 6.61. The molecule has 2 aromatic heterocycles. The lowest BCUT2D eigenvalue weighted by atomic mass is 9.96. The molecule has 0 N–H and O–H groups in total. The fourth-order valence-corrected chi connectivity index (χ4v) is 8.21. The second kappa shape index (κ2) is 14.5. The van der Waals surface area contributed by atoms with Crippen molar-refractivity contribution in [2.75, 3.05) is 0 Å². The lowest BCUT2D eigenvalue weighted by Gasteiger charge is -2.11. The highest BCUT2D eigenvalue weighted by Gasteiger charge is 2.18. The number of benzene rings is 9. The van der Waals surface area contributed by atoms with E-state index in [1.165, 1.54) is 21.9 Å². The molecule has 2 heterocycles. The lowest BCUT2D eigenvalue weighted by molar-refractivity contribution is 0.669. The molecule has 0 spiro atoms. The zero-order chi connectivity index (χ0) is 39.1. The van der Waals surface area contributed by atoms with Crippen LogP contribution in [0.5, 0.6) is 0 Å². The van der Waals surface area contributed by atoms with Crippen LogP contribution in [0.2, 0.25) is 0 Å². The Morgan fingerprint density at radius 1 is 0.271 bits per heavy atom. The van der Waals surface area contributed by atoms with Crippen LogP contribution in [0.3, 0.4) is 0 Å². The molecule has 0 unspecified atom stereocenters. The zero-order valence-corrected chi connectivity index (χ0v) is 32.0. The second-order valence-corrected chi connectivity index (χ2v) is 14.8. The van der Waals surface area contributed by atoms with E-state index in [0.29, 0.717) is 17.5 Å². The van der Waals surface area contributed by atoms with Gasteiger partial charge in [0.1, 0.15) is 11.2 Å². The molecule has 11 rings (SSSR count).